The van der Waals surface area contributed by atoms with Crippen molar-refractivity contribution in [3.63, 3.8) is 0 Å². The molecule has 0 unspecified atom stereocenters. The van der Waals surface area contributed by atoms with Crippen LogP contribution in [0.15, 0.2) is 21.5 Å². The average molecular weight is 401 g/mol. The Bertz CT molecular complexity index is 725. The first-order valence-corrected chi connectivity index (χ1v) is 10.3. The summed E-state index contributed by atoms with van der Waals surface area (Å²) >= 11 is 3.42. The number of carbonyl (C=O) groups excluding carboxylic acids is 1. The standard InChI is InChI=1S/C16H21BrN2O3S/c1-12(20)19-9-6-13-10-14(17)16(11-15(13)19)23(21,22)18-7-4-2-3-5-8-18/h10-11H,2-9H2,1H3. The Labute approximate surface area is 145 Å². The topological polar surface area (TPSA) is 57.7 Å². The minimum atomic E-state index is -3.54. The van der Waals surface area contributed by atoms with Gasteiger partial charge in [0.1, 0.15) is 0 Å². The maximum absolute atomic E-state index is 13.0. The molecular weight excluding hydrogens is 380 g/mol. The predicted molar refractivity (Wildman–Crippen MR) is 93.1 cm³/mol. The van der Waals surface area contributed by atoms with E-state index in [4.69, 9.17) is 0 Å². The summed E-state index contributed by atoms with van der Waals surface area (Å²) in [6, 6.07) is 3.51. The molecule has 7 heteroatoms. The van der Waals surface area contributed by atoms with E-state index in [2.05, 4.69) is 15.9 Å². The molecule has 0 radical (unpaired) electrons. The van der Waals surface area contributed by atoms with Gasteiger partial charge in [-0.2, -0.15) is 4.31 Å². The molecule has 2 heterocycles. The van der Waals surface area contributed by atoms with Crippen LogP contribution in [0.3, 0.4) is 0 Å². The second-order valence-corrected chi connectivity index (χ2v) is 8.91. The van der Waals surface area contributed by atoms with Crippen molar-refractivity contribution in [2.75, 3.05) is 24.5 Å². The summed E-state index contributed by atoms with van der Waals surface area (Å²) in [5, 5.41) is 0. The third-order valence-electron chi connectivity index (χ3n) is 4.59. The number of hydrogen-bond donors (Lipinski definition) is 0. The molecule has 2 aliphatic heterocycles. The number of fused-ring (bicyclic) bond motifs is 1. The maximum Gasteiger partial charge on any atom is 0.244 e. The highest BCUT2D eigenvalue weighted by molar-refractivity contribution is 9.10. The first-order valence-electron chi connectivity index (χ1n) is 8.02. The van der Waals surface area contributed by atoms with Crippen LogP contribution >= 0.6 is 15.9 Å². The van der Waals surface area contributed by atoms with Gasteiger partial charge in [-0.15, -0.1) is 0 Å². The van der Waals surface area contributed by atoms with Gasteiger partial charge < -0.3 is 4.90 Å². The number of anilines is 1. The fourth-order valence-corrected chi connectivity index (χ4v) is 5.92. The summed E-state index contributed by atoms with van der Waals surface area (Å²) in [6.07, 6.45) is 4.73. The van der Waals surface area contributed by atoms with Gasteiger partial charge in [0.2, 0.25) is 15.9 Å². The largest absolute Gasteiger partial charge is 0.312 e. The molecule has 0 atom stereocenters. The van der Waals surface area contributed by atoms with Crippen molar-refractivity contribution in [3.8, 4) is 0 Å². The fraction of sp³-hybridized carbons (Fsp3) is 0.562. The lowest BCUT2D eigenvalue weighted by molar-refractivity contribution is -0.116. The van der Waals surface area contributed by atoms with Crippen LogP contribution in [0.5, 0.6) is 0 Å². The monoisotopic (exact) mass is 400 g/mol. The second kappa shape index (κ2) is 6.53. The molecule has 5 nitrogen and oxygen atoms in total. The smallest absolute Gasteiger partial charge is 0.244 e. The van der Waals surface area contributed by atoms with E-state index in [-0.39, 0.29) is 10.8 Å². The molecule has 0 aromatic heterocycles. The van der Waals surface area contributed by atoms with E-state index in [9.17, 15) is 13.2 Å². The lowest BCUT2D eigenvalue weighted by atomic mass is 10.2. The second-order valence-electron chi connectivity index (χ2n) is 6.15. The van der Waals surface area contributed by atoms with Crippen LogP contribution in [0.2, 0.25) is 0 Å². The predicted octanol–water partition coefficient (Wildman–Crippen LogP) is 2.92. The number of benzene rings is 1. The highest BCUT2D eigenvalue weighted by atomic mass is 79.9. The van der Waals surface area contributed by atoms with E-state index < -0.39 is 10.0 Å². The van der Waals surface area contributed by atoms with Crippen molar-refractivity contribution in [2.45, 2.75) is 43.9 Å². The van der Waals surface area contributed by atoms with Gasteiger partial charge in [0.05, 0.1) is 4.90 Å². The van der Waals surface area contributed by atoms with Gasteiger partial charge in [-0.1, -0.05) is 12.8 Å². The minimum Gasteiger partial charge on any atom is -0.312 e. The van der Waals surface area contributed by atoms with E-state index in [1.807, 2.05) is 6.07 Å². The fourth-order valence-electron chi connectivity index (χ4n) is 3.33. The summed E-state index contributed by atoms with van der Waals surface area (Å²) in [6.45, 7) is 3.27. The van der Waals surface area contributed by atoms with Gasteiger partial charge in [-0.25, -0.2) is 8.42 Å². The molecule has 126 valence electrons. The SMILES string of the molecule is CC(=O)N1CCc2cc(Br)c(S(=O)(=O)N3CCCCCC3)cc21. The number of halogens is 1. The molecule has 0 saturated carbocycles. The normalized spacial score (nSPS) is 19.5. The third kappa shape index (κ3) is 3.19. The Hall–Kier alpha value is -0.920. The maximum atomic E-state index is 13.0. The van der Waals surface area contributed by atoms with Gasteiger partial charge in [0.25, 0.3) is 0 Å². The zero-order valence-corrected chi connectivity index (χ0v) is 15.6. The zero-order valence-electron chi connectivity index (χ0n) is 13.2. The molecule has 23 heavy (non-hydrogen) atoms. The number of hydrogen-bond acceptors (Lipinski definition) is 3. The van der Waals surface area contributed by atoms with Crippen LogP contribution < -0.4 is 4.90 Å². The van der Waals surface area contributed by atoms with Crippen LogP contribution in [0.4, 0.5) is 5.69 Å². The molecule has 0 bridgehead atoms. The lowest BCUT2D eigenvalue weighted by Crippen LogP contribution is -2.32. The Balaban J connectivity index is 2.02. The summed E-state index contributed by atoms with van der Waals surface area (Å²) in [5.41, 5.74) is 1.75. The van der Waals surface area contributed by atoms with Crippen molar-refractivity contribution >= 4 is 37.5 Å². The highest BCUT2D eigenvalue weighted by Crippen LogP contribution is 2.36. The van der Waals surface area contributed by atoms with E-state index in [0.717, 1.165) is 43.4 Å². The van der Waals surface area contributed by atoms with Crippen molar-refractivity contribution in [1.29, 1.82) is 0 Å². The molecule has 3 rings (SSSR count). The van der Waals surface area contributed by atoms with Crippen LogP contribution in [-0.2, 0) is 21.2 Å². The van der Waals surface area contributed by atoms with E-state index in [1.165, 1.54) is 6.92 Å². The van der Waals surface area contributed by atoms with Crippen molar-refractivity contribution < 1.29 is 13.2 Å². The first-order chi connectivity index (χ1) is 10.9. The van der Waals surface area contributed by atoms with Gasteiger partial charge in [0.15, 0.2) is 0 Å². The molecule has 1 aromatic rings. The molecule has 0 spiro atoms. The highest BCUT2D eigenvalue weighted by Gasteiger charge is 2.31. The van der Waals surface area contributed by atoms with Crippen LogP contribution in [0.25, 0.3) is 0 Å². The Morgan fingerprint density at radius 2 is 1.74 bits per heavy atom. The molecule has 1 amide bonds. The van der Waals surface area contributed by atoms with Gasteiger partial charge >= 0.3 is 0 Å². The summed E-state index contributed by atoms with van der Waals surface area (Å²) in [7, 11) is -3.54. The van der Waals surface area contributed by atoms with Gasteiger partial charge in [0, 0.05) is 36.7 Å². The number of sulfonamides is 1. The summed E-state index contributed by atoms with van der Waals surface area (Å²) in [5.74, 6) is -0.0517. The van der Waals surface area contributed by atoms with Crippen LogP contribution in [-0.4, -0.2) is 38.3 Å². The molecule has 1 fully saturated rings. The summed E-state index contributed by atoms with van der Waals surface area (Å²) < 4.78 is 28.2. The van der Waals surface area contributed by atoms with Gasteiger partial charge in [-0.3, -0.25) is 4.79 Å². The Morgan fingerprint density at radius 1 is 1.09 bits per heavy atom. The molecule has 2 aliphatic rings. The first kappa shape index (κ1) is 16.9. The Kier molecular flexibility index (Phi) is 4.80. The van der Waals surface area contributed by atoms with Gasteiger partial charge in [-0.05, 0) is 52.9 Å². The number of carbonyl (C=O) groups is 1. The molecule has 0 N–H and O–H groups in total. The summed E-state index contributed by atoms with van der Waals surface area (Å²) in [4.78, 5) is 13.7. The van der Waals surface area contributed by atoms with Crippen molar-refractivity contribution in [1.82, 2.24) is 4.31 Å². The van der Waals surface area contributed by atoms with E-state index in [0.29, 0.717) is 24.1 Å². The van der Waals surface area contributed by atoms with Crippen LogP contribution in [0, 0.1) is 0 Å². The minimum absolute atomic E-state index is 0.0517. The van der Waals surface area contributed by atoms with E-state index in [1.54, 1.807) is 15.3 Å². The number of rotatable bonds is 2. The zero-order chi connectivity index (χ0) is 16.6. The van der Waals surface area contributed by atoms with Crippen LogP contribution in [0.1, 0.15) is 38.2 Å². The lowest BCUT2D eigenvalue weighted by Gasteiger charge is -2.22. The van der Waals surface area contributed by atoms with E-state index >= 15 is 0 Å². The average Bonchev–Trinajstić information content (AvgIpc) is 2.71. The number of nitrogens with zero attached hydrogens (tertiary/aromatic N) is 2. The van der Waals surface area contributed by atoms with Crippen molar-refractivity contribution in [3.05, 3.63) is 22.2 Å². The molecular formula is C16H21BrN2O3S. The third-order valence-corrected chi connectivity index (χ3v) is 7.45. The molecule has 1 aromatic carbocycles. The quantitative estimate of drug-likeness (QED) is 0.766. The molecule has 1 saturated heterocycles. The Morgan fingerprint density at radius 3 is 2.35 bits per heavy atom. The molecule has 0 aliphatic carbocycles. The number of amides is 1. The van der Waals surface area contributed by atoms with Crippen molar-refractivity contribution in [2.24, 2.45) is 0 Å².